The fraction of sp³-hybridized carbons (Fsp3) is 0.143. The Morgan fingerprint density at radius 2 is 1.25 bits per heavy atom. The molecule has 0 amide bonds. The zero-order valence-electron chi connectivity index (χ0n) is 9.36. The van der Waals surface area contributed by atoms with E-state index in [1.807, 2.05) is 24.8 Å². The lowest BCUT2D eigenvalue weighted by atomic mass is 9.96. The van der Waals surface area contributed by atoms with Crippen LogP contribution in [0.1, 0.15) is 11.1 Å². The van der Waals surface area contributed by atoms with Gasteiger partial charge >= 0.3 is 0 Å². The van der Waals surface area contributed by atoms with Crippen molar-refractivity contribution in [2.24, 2.45) is 0 Å². The molecule has 2 heterocycles. The maximum atomic E-state index is 4.21. The van der Waals surface area contributed by atoms with E-state index in [1.54, 1.807) is 0 Å². The smallest absolute Gasteiger partial charge is 0.0352 e. The third kappa shape index (κ3) is 1.13. The molecular formula is C14H12N2. The van der Waals surface area contributed by atoms with E-state index >= 15 is 0 Å². The molecular weight excluding hydrogens is 196 g/mol. The van der Waals surface area contributed by atoms with Gasteiger partial charge in [0, 0.05) is 35.6 Å². The van der Waals surface area contributed by atoms with Gasteiger partial charge in [0.1, 0.15) is 0 Å². The highest BCUT2D eigenvalue weighted by Crippen LogP contribution is 2.30. The van der Waals surface area contributed by atoms with E-state index in [0.717, 1.165) is 0 Å². The van der Waals surface area contributed by atoms with Crippen LogP contribution in [0, 0.1) is 13.8 Å². The molecule has 0 atom stereocenters. The summed E-state index contributed by atoms with van der Waals surface area (Å²) in [6.07, 6.45) is 7.56. The zero-order chi connectivity index (χ0) is 11.1. The monoisotopic (exact) mass is 208 g/mol. The third-order valence-corrected chi connectivity index (χ3v) is 3.30. The van der Waals surface area contributed by atoms with Gasteiger partial charge in [0.25, 0.3) is 0 Å². The van der Waals surface area contributed by atoms with Crippen LogP contribution in [0.5, 0.6) is 0 Å². The molecule has 3 aromatic rings. The van der Waals surface area contributed by atoms with Gasteiger partial charge in [-0.3, -0.25) is 9.97 Å². The number of hydrogen-bond acceptors (Lipinski definition) is 2. The van der Waals surface area contributed by atoms with Gasteiger partial charge in [0.2, 0.25) is 0 Å². The number of nitrogens with zero attached hydrogens (tertiary/aromatic N) is 2. The van der Waals surface area contributed by atoms with E-state index in [0.29, 0.717) is 0 Å². The van der Waals surface area contributed by atoms with E-state index in [-0.39, 0.29) is 0 Å². The molecule has 2 aromatic heterocycles. The second kappa shape index (κ2) is 3.27. The molecule has 3 rings (SSSR count). The van der Waals surface area contributed by atoms with Crippen LogP contribution in [0.15, 0.2) is 36.9 Å². The molecule has 78 valence electrons. The Morgan fingerprint density at radius 3 is 2.00 bits per heavy atom. The normalized spacial score (nSPS) is 11.1. The number of pyridine rings is 2. The highest BCUT2D eigenvalue weighted by molar-refractivity contribution is 6.09. The highest BCUT2D eigenvalue weighted by atomic mass is 14.6. The molecule has 0 radical (unpaired) electrons. The molecule has 0 aliphatic heterocycles. The molecule has 0 fully saturated rings. The maximum Gasteiger partial charge on any atom is 0.0352 e. The number of aryl methyl sites for hydroxylation is 2. The zero-order valence-corrected chi connectivity index (χ0v) is 9.36. The van der Waals surface area contributed by atoms with E-state index in [9.17, 15) is 0 Å². The van der Waals surface area contributed by atoms with Crippen LogP contribution in [0.3, 0.4) is 0 Å². The molecule has 0 aliphatic rings. The second-order valence-corrected chi connectivity index (χ2v) is 4.09. The summed E-state index contributed by atoms with van der Waals surface area (Å²) in [5, 5.41) is 4.95. The molecule has 16 heavy (non-hydrogen) atoms. The first kappa shape index (κ1) is 9.28. The van der Waals surface area contributed by atoms with Crippen molar-refractivity contribution in [2.75, 3.05) is 0 Å². The molecule has 0 unspecified atom stereocenters. The SMILES string of the molecule is Cc1c(C)c2ccncc2c2ccncc12. The van der Waals surface area contributed by atoms with Crippen LogP contribution < -0.4 is 0 Å². The average Bonchev–Trinajstić information content (AvgIpc) is 2.36. The van der Waals surface area contributed by atoms with Crippen molar-refractivity contribution in [2.45, 2.75) is 13.8 Å². The number of aromatic nitrogens is 2. The maximum absolute atomic E-state index is 4.21. The Hall–Kier alpha value is -1.96. The van der Waals surface area contributed by atoms with Crippen LogP contribution in [0.2, 0.25) is 0 Å². The molecule has 0 saturated carbocycles. The van der Waals surface area contributed by atoms with Gasteiger partial charge in [-0.1, -0.05) is 0 Å². The minimum atomic E-state index is 1.21. The molecule has 2 heteroatoms. The topological polar surface area (TPSA) is 25.8 Å². The van der Waals surface area contributed by atoms with Crippen molar-refractivity contribution in [1.82, 2.24) is 9.97 Å². The largest absolute Gasteiger partial charge is 0.264 e. The summed E-state index contributed by atoms with van der Waals surface area (Å²) in [5.74, 6) is 0. The fourth-order valence-electron chi connectivity index (χ4n) is 2.27. The summed E-state index contributed by atoms with van der Waals surface area (Å²) >= 11 is 0. The summed E-state index contributed by atoms with van der Waals surface area (Å²) < 4.78 is 0. The molecule has 0 saturated heterocycles. The Labute approximate surface area is 94.0 Å². The number of hydrogen-bond donors (Lipinski definition) is 0. The summed E-state index contributed by atoms with van der Waals surface area (Å²) in [5.41, 5.74) is 2.62. The Balaban J connectivity index is 2.69. The van der Waals surface area contributed by atoms with E-state index < -0.39 is 0 Å². The van der Waals surface area contributed by atoms with Crippen molar-refractivity contribution < 1.29 is 0 Å². The Morgan fingerprint density at radius 1 is 0.688 bits per heavy atom. The lowest BCUT2D eigenvalue weighted by Crippen LogP contribution is -1.89. The van der Waals surface area contributed by atoms with Gasteiger partial charge in [-0.15, -0.1) is 0 Å². The first-order valence-corrected chi connectivity index (χ1v) is 5.35. The van der Waals surface area contributed by atoms with Crippen LogP contribution in [-0.2, 0) is 0 Å². The number of rotatable bonds is 0. The number of fused-ring (bicyclic) bond motifs is 3. The first-order chi connectivity index (χ1) is 7.79. The van der Waals surface area contributed by atoms with Crippen LogP contribution in [0.25, 0.3) is 21.5 Å². The second-order valence-electron chi connectivity index (χ2n) is 4.09. The minimum Gasteiger partial charge on any atom is -0.264 e. The fourth-order valence-corrected chi connectivity index (χ4v) is 2.27. The van der Waals surface area contributed by atoms with Gasteiger partial charge < -0.3 is 0 Å². The summed E-state index contributed by atoms with van der Waals surface area (Å²) in [4.78, 5) is 8.41. The summed E-state index contributed by atoms with van der Waals surface area (Å²) in [7, 11) is 0. The predicted octanol–water partition coefficient (Wildman–Crippen LogP) is 3.40. The Kier molecular flexibility index (Phi) is 1.90. The summed E-state index contributed by atoms with van der Waals surface area (Å²) in [6.45, 7) is 4.31. The van der Waals surface area contributed by atoms with E-state index in [1.165, 1.54) is 32.7 Å². The molecule has 0 aliphatic carbocycles. The molecule has 0 bridgehead atoms. The van der Waals surface area contributed by atoms with Crippen molar-refractivity contribution >= 4 is 21.5 Å². The first-order valence-electron chi connectivity index (χ1n) is 5.35. The van der Waals surface area contributed by atoms with Gasteiger partial charge in [-0.25, -0.2) is 0 Å². The van der Waals surface area contributed by atoms with Crippen molar-refractivity contribution in [3.63, 3.8) is 0 Å². The van der Waals surface area contributed by atoms with Gasteiger partial charge in [0.15, 0.2) is 0 Å². The predicted molar refractivity (Wildman–Crippen MR) is 66.5 cm³/mol. The minimum absolute atomic E-state index is 1.21. The number of benzene rings is 1. The van der Waals surface area contributed by atoms with Gasteiger partial charge in [-0.2, -0.15) is 0 Å². The van der Waals surface area contributed by atoms with E-state index in [4.69, 9.17) is 0 Å². The molecule has 0 N–H and O–H groups in total. The molecule has 1 aromatic carbocycles. The standard InChI is InChI=1S/C14H12N2/c1-9-10(2)13-7-15-6-4-12(13)14-8-16-5-3-11(9)14/h3-8H,1-2H3. The highest BCUT2D eigenvalue weighted by Gasteiger charge is 2.07. The van der Waals surface area contributed by atoms with Crippen LogP contribution >= 0.6 is 0 Å². The van der Waals surface area contributed by atoms with E-state index in [2.05, 4.69) is 35.9 Å². The van der Waals surface area contributed by atoms with Gasteiger partial charge in [-0.05, 0) is 47.9 Å². The molecule has 0 spiro atoms. The third-order valence-electron chi connectivity index (χ3n) is 3.30. The Bertz CT molecular complexity index is 626. The van der Waals surface area contributed by atoms with Crippen molar-refractivity contribution in [1.29, 1.82) is 0 Å². The summed E-state index contributed by atoms with van der Waals surface area (Å²) in [6, 6.07) is 4.14. The average molecular weight is 208 g/mol. The quantitative estimate of drug-likeness (QED) is 0.529. The van der Waals surface area contributed by atoms with Crippen molar-refractivity contribution in [3.05, 3.63) is 48.0 Å². The lowest BCUT2D eigenvalue weighted by molar-refractivity contribution is 1.32. The van der Waals surface area contributed by atoms with Gasteiger partial charge in [0.05, 0.1) is 0 Å². The van der Waals surface area contributed by atoms with Crippen LogP contribution in [0.4, 0.5) is 0 Å². The molecule has 2 nitrogen and oxygen atoms in total. The lowest BCUT2D eigenvalue weighted by Gasteiger charge is -2.10. The van der Waals surface area contributed by atoms with Crippen LogP contribution in [-0.4, -0.2) is 9.97 Å². The van der Waals surface area contributed by atoms with Crippen molar-refractivity contribution in [3.8, 4) is 0 Å².